The molecule has 3 N–H and O–H groups in total. The van der Waals surface area contributed by atoms with Gasteiger partial charge in [0.15, 0.2) is 5.82 Å². The normalized spacial score (nSPS) is 22.1. The average molecular weight is 704 g/mol. The number of fused-ring (bicyclic) bond motifs is 2. The molecule has 2 unspecified atom stereocenters. The van der Waals surface area contributed by atoms with Gasteiger partial charge < -0.3 is 30.0 Å². The van der Waals surface area contributed by atoms with E-state index in [1.807, 2.05) is 17.7 Å². The molecule has 2 aromatic carbocycles. The van der Waals surface area contributed by atoms with E-state index in [9.17, 15) is 22.8 Å². The molecule has 1 saturated heterocycles. The first-order chi connectivity index (χ1) is 22.9. The maximum absolute atomic E-state index is 13.7. The molecule has 2 aliphatic carbocycles. The quantitative estimate of drug-likeness (QED) is 0.191. The first kappa shape index (κ1) is 32.6. The Morgan fingerprint density at radius 2 is 1.75 bits per heavy atom. The highest BCUT2D eigenvalue weighted by Crippen LogP contribution is 2.47. The van der Waals surface area contributed by atoms with Gasteiger partial charge in [-0.2, -0.15) is 13.2 Å². The fourth-order valence-electron chi connectivity index (χ4n) is 7.00. The first-order valence-electron chi connectivity index (χ1n) is 16.0. The Morgan fingerprint density at radius 1 is 1.02 bits per heavy atom. The molecule has 4 aromatic rings. The molecular formula is C33H35Cl2F3N8O2. The number of alkyl halides is 3. The molecule has 0 bridgehead atoms. The number of anilines is 3. The van der Waals surface area contributed by atoms with Gasteiger partial charge in [-0.1, -0.05) is 29.3 Å². The van der Waals surface area contributed by atoms with Crippen LogP contribution in [0, 0.1) is 17.8 Å². The van der Waals surface area contributed by atoms with Gasteiger partial charge in [-0.25, -0.2) is 9.97 Å². The van der Waals surface area contributed by atoms with Gasteiger partial charge in [-0.15, -0.1) is 0 Å². The molecule has 48 heavy (non-hydrogen) atoms. The summed E-state index contributed by atoms with van der Waals surface area (Å²) in [6, 6.07) is 6.81. The van der Waals surface area contributed by atoms with Crippen LogP contribution in [0.3, 0.4) is 0 Å². The zero-order chi connectivity index (χ0) is 33.9. The van der Waals surface area contributed by atoms with Gasteiger partial charge in [0.05, 0.1) is 43.9 Å². The highest BCUT2D eigenvalue weighted by Gasteiger charge is 2.46. The summed E-state index contributed by atoms with van der Waals surface area (Å²) in [6.45, 7) is 1.84. The minimum absolute atomic E-state index is 0.00784. The van der Waals surface area contributed by atoms with Crippen molar-refractivity contribution in [3.05, 3.63) is 63.7 Å². The predicted molar refractivity (Wildman–Crippen MR) is 178 cm³/mol. The standard InChI is InChI=1S/C33H35Cl2F3N8O2/c1-44-10-9-39-29(44)31(48)40-14-17-3-8-23(34)28(27(17)35)43-32-42-24-12-22(30(47)41-21-6-4-20(5-7-21)33(36,37)38)25(13-26(24)45(32)2)46-15-18-11-19(18)16-46/h3,8-10,12-13,18-21H,4-7,11,14-16H2,1-2H3,(H,40,48)(H,41,47)(H,42,43)/t18?,19?,20-,21-. The number of halogens is 5. The number of benzene rings is 2. The van der Waals surface area contributed by atoms with Crippen LogP contribution in [0.4, 0.5) is 30.5 Å². The summed E-state index contributed by atoms with van der Waals surface area (Å²) in [7, 11) is 3.58. The zero-order valence-electron chi connectivity index (χ0n) is 26.4. The molecule has 2 amide bonds. The van der Waals surface area contributed by atoms with Crippen LogP contribution in [0.25, 0.3) is 11.0 Å². The number of amides is 2. The third kappa shape index (κ3) is 6.29. The van der Waals surface area contributed by atoms with Crippen LogP contribution in [-0.2, 0) is 20.6 Å². The van der Waals surface area contributed by atoms with E-state index in [1.54, 1.807) is 42.2 Å². The van der Waals surface area contributed by atoms with E-state index in [2.05, 4.69) is 25.8 Å². The summed E-state index contributed by atoms with van der Waals surface area (Å²) in [5, 5.41) is 9.76. The van der Waals surface area contributed by atoms with Gasteiger partial charge in [0.25, 0.3) is 11.8 Å². The smallest absolute Gasteiger partial charge is 0.370 e. The molecule has 2 saturated carbocycles. The van der Waals surface area contributed by atoms with Crippen LogP contribution in [0.2, 0.25) is 10.0 Å². The van der Waals surface area contributed by atoms with E-state index in [0.717, 1.165) is 24.3 Å². The average Bonchev–Trinajstić information content (AvgIpc) is 3.32. The van der Waals surface area contributed by atoms with Crippen molar-refractivity contribution >= 4 is 63.4 Å². The second-order valence-corrected chi connectivity index (χ2v) is 13.9. The van der Waals surface area contributed by atoms with E-state index in [1.165, 1.54) is 6.42 Å². The molecule has 3 fully saturated rings. The lowest BCUT2D eigenvalue weighted by atomic mass is 9.85. The van der Waals surface area contributed by atoms with Crippen LogP contribution >= 0.6 is 23.2 Å². The van der Waals surface area contributed by atoms with Crippen molar-refractivity contribution < 1.29 is 22.8 Å². The van der Waals surface area contributed by atoms with E-state index >= 15 is 0 Å². The Labute approximate surface area is 285 Å². The third-order valence-electron chi connectivity index (χ3n) is 9.96. The Morgan fingerprint density at radius 3 is 2.42 bits per heavy atom. The van der Waals surface area contributed by atoms with Gasteiger partial charge >= 0.3 is 6.18 Å². The number of rotatable bonds is 8. The van der Waals surface area contributed by atoms with Crippen molar-refractivity contribution in [2.24, 2.45) is 31.8 Å². The van der Waals surface area contributed by atoms with E-state index < -0.39 is 12.1 Å². The Kier molecular flexibility index (Phi) is 8.47. The molecule has 7 rings (SSSR count). The van der Waals surface area contributed by atoms with E-state index in [4.69, 9.17) is 28.2 Å². The van der Waals surface area contributed by atoms with Crippen molar-refractivity contribution in [3.63, 3.8) is 0 Å². The number of piperidine rings is 1. The SMILES string of the molecule is Cn1ccnc1C(=O)NCc1ccc(Cl)c(Nc2nc3cc(C(=O)N[C@H]4CC[C@H](C(F)(F)F)CC4)c(N4CC5CC5C4)cc3n2C)c1Cl. The number of nitrogens with zero attached hydrogens (tertiary/aromatic N) is 5. The Bertz CT molecular complexity index is 1890. The third-order valence-corrected chi connectivity index (χ3v) is 10.7. The molecule has 2 aromatic heterocycles. The van der Waals surface area contributed by atoms with E-state index in [-0.39, 0.29) is 55.9 Å². The van der Waals surface area contributed by atoms with Crippen LogP contribution in [0.15, 0.2) is 36.7 Å². The summed E-state index contributed by atoms with van der Waals surface area (Å²) in [5.74, 6) is -0.0493. The molecule has 1 aliphatic heterocycles. The number of imidazole rings is 2. The molecule has 3 aliphatic rings. The Balaban J connectivity index is 1.14. The summed E-state index contributed by atoms with van der Waals surface area (Å²) < 4.78 is 43.2. The molecule has 254 valence electrons. The topological polar surface area (TPSA) is 109 Å². The summed E-state index contributed by atoms with van der Waals surface area (Å²) in [6.07, 6.45) is 0.791. The number of aromatic nitrogens is 4. The number of hydrogen-bond donors (Lipinski definition) is 3. The Hall–Kier alpha value is -3.97. The van der Waals surface area contributed by atoms with Gasteiger partial charge in [0.1, 0.15) is 0 Å². The number of hydrogen-bond acceptors (Lipinski definition) is 6. The summed E-state index contributed by atoms with van der Waals surface area (Å²) >= 11 is 13.4. The highest BCUT2D eigenvalue weighted by atomic mass is 35.5. The first-order valence-corrected chi connectivity index (χ1v) is 16.8. The summed E-state index contributed by atoms with van der Waals surface area (Å²) in [4.78, 5) is 37.4. The lowest BCUT2D eigenvalue weighted by molar-refractivity contribution is -0.182. The zero-order valence-corrected chi connectivity index (χ0v) is 27.9. The number of carbonyl (C=O) groups excluding carboxylic acids is 2. The molecule has 10 nitrogen and oxygen atoms in total. The van der Waals surface area contributed by atoms with Crippen LogP contribution in [0.5, 0.6) is 0 Å². The molecule has 2 atom stereocenters. The van der Waals surface area contributed by atoms with Crippen LogP contribution < -0.4 is 20.9 Å². The predicted octanol–water partition coefficient (Wildman–Crippen LogP) is 6.59. The van der Waals surface area contributed by atoms with Crippen molar-refractivity contribution in [2.75, 3.05) is 23.3 Å². The minimum atomic E-state index is -4.21. The van der Waals surface area contributed by atoms with Gasteiger partial charge in [-0.3, -0.25) is 9.59 Å². The second-order valence-electron chi connectivity index (χ2n) is 13.1. The fraction of sp³-hybridized carbons (Fsp3) is 0.455. The molecule has 0 radical (unpaired) electrons. The molecule has 0 spiro atoms. The number of carbonyl (C=O) groups is 2. The minimum Gasteiger partial charge on any atom is -0.370 e. The molecule has 3 heterocycles. The molecular weight excluding hydrogens is 668 g/mol. The van der Waals surface area contributed by atoms with Gasteiger partial charge in [0, 0.05) is 52.2 Å². The summed E-state index contributed by atoms with van der Waals surface area (Å²) in [5.41, 5.74) is 3.61. The van der Waals surface area contributed by atoms with Crippen molar-refractivity contribution in [1.29, 1.82) is 0 Å². The lowest BCUT2D eigenvalue weighted by Gasteiger charge is -2.31. The maximum Gasteiger partial charge on any atom is 0.391 e. The number of aryl methyl sites for hydroxylation is 2. The van der Waals surface area contributed by atoms with Gasteiger partial charge in [-0.05, 0) is 67.7 Å². The number of nitrogens with one attached hydrogen (secondary N) is 3. The van der Waals surface area contributed by atoms with Crippen LogP contribution in [0.1, 0.15) is 58.6 Å². The highest BCUT2D eigenvalue weighted by molar-refractivity contribution is 6.39. The fourth-order valence-corrected chi connectivity index (χ4v) is 7.54. The van der Waals surface area contributed by atoms with Gasteiger partial charge in [0.2, 0.25) is 5.95 Å². The van der Waals surface area contributed by atoms with Crippen LogP contribution in [-0.4, -0.2) is 56.2 Å². The van der Waals surface area contributed by atoms with Crippen molar-refractivity contribution in [1.82, 2.24) is 29.7 Å². The molecule has 15 heteroatoms. The second kappa shape index (κ2) is 12.5. The lowest BCUT2D eigenvalue weighted by Crippen LogP contribution is -2.40. The maximum atomic E-state index is 13.7. The van der Waals surface area contributed by atoms with E-state index in [0.29, 0.717) is 50.2 Å². The monoisotopic (exact) mass is 702 g/mol. The van der Waals surface area contributed by atoms with Crippen molar-refractivity contribution in [3.8, 4) is 0 Å². The largest absolute Gasteiger partial charge is 0.391 e. The van der Waals surface area contributed by atoms with Crippen molar-refractivity contribution in [2.45, 2.75) is 50.9 Å².